The molecule has 4 rings (SSSR count). The van der Waals surface area contributed by atoms with E-state index in [9.17, 15) is 14.9 Å². The van der Waals surface area contributed by atoms with Crippen molar-refractivity contribution in [1.29, 1.82) is 0 Å². The van der Waals surface area contributed by atoms with E-state index >= 15 is 0 Å². The second kappa shape index (κ2) is 7.42. The monoisotopic (exact) mass is 383 g/mol. The normalized spacial score (nSPS) is 16.5. The topological polar surface area (TPSA) is 85.6 Å². The first-order chi connectivity index (χ1) is 13.1. The lowest BCUT2D eigenvalue weighted by molar-refractivity contribution is -0.384. The highest BCUT2D eigenvalue weighted by molar-refractivity contribution is 7.22. The van der Waals surface area contributed by atoms with E-state index in [1.54, 1.807) is 4.90 Å². The molecule has 2 heterocycles. The molecule has 0 aliphatic carbocycles. The van der Waals surface area contributed by atoms with Crippen LogP contribution in [0, 0.1) is 10.1 Å². The van der Waals surface area contributed by atoms with Crippen LogP contribution in [-0.2, 0) is 4.74 Å². The van der Waals surface area contributed by atoms with Gasteiger partial charge in [-0.3, -0.25) is 19.8 Å². The Kier molecular flexibility index (Phi) is 4.83. The molecular weight excluding hydrogens is 366 g/mol. The zero-order valence-electron chi connectivity index (χ0n) is 14.4. The third-order valence-corrected chi connectivity index (χ3v) is 5.55. The molecule has 1 aromatic heterocycles. The molecule has 1 aliphatic rings. The van der Waals surface area contributed by atoms with Crippen LogP contribution >= 0.6 is 11.3 Å². The summed E-state index contributed by atoms with van der Waals surface area (Å²) >= 11 is 1.45. The number of nitrogens with zero attached hydrogens (tertiary/aromatic N) is 3. The van der Waals surface area contributed by atoms with E-state index in [2.05, 4.69) is 4.98 Å². The van der Waals surface area contributed by atoms with E-state index in [1.165, 1.54) is 35.6 Å². The molecule has 0 radical (unpaired) electrons. The van der Waals surface area contributed by atoms with Crippen molar-refractivity contribution in [1.82, 2.24) is 4.98 Å². The summed E-state index contributed by atoms with van der Waals surface area (Å²) < 4.78 is 6.71. The lowest BCUT2D eigenvalue weighted by Gasteiger charge is -2.23. The maximum absolute atomic E-state index is 13.2. The molecule has 8 heteroatoms. The zero-order chi connectivity index (χ0) is 18.8. The van der Waals surface area contributed by atoms with Gasteiger partial charge in [-0.1, -0.05) is 23.5 Å². The number of carbonyl (C=O) groups excluding carboxylic acids is 1. The third kappa shape index (κ3) is 3.67. The van der Waals surface area contributed by atoms with E-state index in [1.807, 2.05) is 24.3 Å². The van der Waals surface area contributed by atoms with Crippen molar-refractivity contribution in [3.05, 3.63) is 64.2 Å². The number of carbonyl (C=O) groups is 1. The number of amides is 1. The molecule has 0 spiro atoms. The minimum absolute atomic E-state index is 0.0287. The molecule has 2 aromatic carbocycles. The highest BCUT2D eigenvalue weighted by atomic mass is 32.1. The SMILES string of the molecule is O=C(c1ccc([N+](=O)[O-])cc1)N(C[C@@H]1CCCO1)c1nc2ccccc2s1. The molecule has 1 saturated heterocycles. The third-order valence-electron chi connectivity index (χ3n) is 4.49. The van der Waals surface area contributed by atoms with Crippen LogP contribution in [0.3, 0.4) is 0 Å². The summed E-state index contributed by atoms with van der Waals surface area (Å²) in [5.74, 6) is -0.237. The highest BCUT2D eigenvalue weighted by Crippen LogP contribution is 2.31. The predicted octanol–water partition coefficient (Wildman–Crippen LogP) is 4.03. The number of thiazole rings is 1. The Hall–Kier alpha value is -2.84. The molecule has 27 heavy (non-hydrogen) atoms. The number of aromatic nitrogens is 1. The van der Waals surface area contributed by atoms with Gasteiger partial charge in [0.2, 0.25) is 0 Å². The van der Waals surface area contributed by atoms with Gasteiger partial charge in [0.25, 0.3) is 11.6 Å². The van der Waals surface area contributed by atoms with Crippen molar-refractivity contribution in [3.63, 3.8) is 0 Å². The summed E-state index contributed by atoms with van der Waals surface area (Å²) in [4.78, 5) is 29.8. The lowest BCUT2D eigenvalue weighted by Crippen LogP contribution is -2.37. The van der Waals surface area contributed by atoms with Crippen LogP contribution in [0.1, 0.15) is 23.2 Å². The van der Waals surface area contributed by atoms with Crippen LogP contribution in [0.15, 0.2) is 48.5 Å². The van der Waals surface area contributed by atoms with E-state index in [4.69, 9.17) is 4.74 Å². The van der Waals surface area contributed by atoms with Crippen LogP contribution in [0.25, 0.3) is 10.2 Å². The summed E-state index contributed by atoms with van der Waals surface area (Å²) in [6, 6.07) is 13.4. The van der Waals surface area contributed by atoms with Crippen LogP contribution in [0.5, 0.6) is 0 Å². The quantitative estimate of drug-likeness (QED) is 0.490. The second-order valence-electron chi connectivity index (χ2n) is 6.32. The smallest absolute Gasteiger partial charge is 0.269 e. The van der Waals surface area contributed by atoms with Gasteiger partial charge in [-0.25, -0.2) is 4.98 Å². The van der Waals surface area contributed by atoms with E-state index in [0.717, 1.165) is 23.1 Å². The molecule has 1 aliphatic heterocycles. The highest BCUT2D eigenvalue weighted by Gasteiger charge is 2.27. The number of nitro groups is 1. The summed E-state index contributed by atoms with van der Waals surface area (Å²) in [5, 5.41) is 11.5. The zero-order valence-corrected chi connectivity index (χ0v) is 15.2. The minimum Gasteiger partial charge on any atom is -0.376 e. The van der Waals surface area contributed by atoms with Gasteiger partial charge in [-0.2, -0.15) is 0 Å². The van der Waals surface area contributed by atoms with Gasteiger partial charge < -0.3 is 4.74 Å². The molecule has 138 valence electrons. The summed E-state index contributed by atoms with van der Waals surface area (Å²) in [7, 11) is 0. The van der Waals surface area contributed by atoms with Gasteiger partial charge in [0.05, 0.1) is 27.8 Å². The summed E-state index contributed by atoms with van der Waals surface area (Å²) in [5.41, 5.74) is 1.18. The summed E-state index contributed by atoms with van der Waals surface area (Å²) in [6.45, 7) is 1.11. The van der Waals surface area contributed by atoms with Crippen molar-refractivity contribution >= 4 is 38.3 Å². The van der Waals surface area contributed by atoms with Crippen molar-refractivity contribution in [2.75, 3.05) is 18.1 Å². The number of fused-ring (bicyclic) bond motifs is 1. The van der Waals surface area contributed by atoms with Gasteiger partial charge in [-0.15, -0.1) is 0 Å². The standard InChI is InChI=1S/C19H17N3O4S/c23-18(13-7-9-14(10-8-13)22(24)25)21(12-15-4-3-11-26-15)19-20-16-5-1-2-6-17(16)27-19/h1-2,5-10,15H,3-4,11-12H2/t15-/m0/s1. The van der Waals surface area contributed by atoms with E-state index in [0.29, 0.717) is 23.8 Å². The number of para-hydroxylation sites is 1. The molecule has 1 fully saturated rings. The molecule has 0 saturated carbocycles. The lowest BCUT2D eigenvalue weighted by atomic mass is 10.1. The van der Waals surface area contributed by atoms with Crippen LogP contribution in [0.4, 0.5) is 10.8 Å². The van der Waals surface area contributed by atoms with Crippen molar-refractivity contribution in [3.8, 4) is 0 Å². The molecular formula is C19H17N3O4S. The number of ether oxygens (including phenoxy) is 1. The summed E-state index contributed by atoms with van der Waals surface area (Å²) in [6.07, 6.45) is 1.85. The Morgan fingerprint density at radius 3 is 2.70 bits per heavy atom. The van der Waals surface area contributed by atoms with Crippen molar-refractivity contribution in [2.45, 2.75) is 18.9 Å². The molecule has 0 bridgehead atoms. The fourth-order valence-corrected chi connectivity index (χ4v) is 4.07. The van der Waals surface area contributed by atoms with Gasteiger partial charge >= 0.3 is 0 Å². The van der Waals surface area contributed by atoms with Gasteiger partial charge in [0.1, 0.15) is 0 Å². The van der Waals surface area contributed by atoms with E-state index in [-0.39, 0.29) is 17.7 Å². The average molecular weight is 383 g/mol. The number of hydrogen-bond acceptors (Lipinski definition) is 6. The Bertz CT molecular complexity index is 947. The maximum atomic E-state index is 13.2. The van der Waals surface area contributed by atoms with Crippen molar-refractivity contribution < 1.29 is 14.5 Å². The fraction of sp³-hybridized carbons (Fsp3) is 0.263. The first-order valence-corrected chi connectivity index (χ1v) is 9.47. The number of rotatable bonds is 5. The second-order valence-corrected chi connectivity index (χ2v) is 7.33. The minimum atomic E-state index is -0.480. The van der Waals surface area contributed by atoms with Crippen LogP contribution < -0.4 is 4.90 Å². The fourth-order valence-electron chi connectivity index (χ4n) is 3.10. The average Bonchev–Trinajstić information content (AvgIpc) is 3.34. The first-order valence-electron chi connectivity index (χ1n) is 8.65. The molecule has 0 N–H and O–H groups in total. The van der Waals surface area contributed by atoms with Gasteiger partial charge in [0.15, 0.2) is 5.13 Å². The number of non-ortho nitro benzene ring substituents is 1. The molecule has 1 atom stereocenters. The first kappa shape index (κ1) is 17.6. The predicted molar refractivity (Wildman–Crippen MR) is 103 cm³/mol. The Balaban J connectivity index is 1.67. The van der Waals surface area contributed by atoms with Gasteiger partial charge in [-0.05, 0) is 37.1 Å². The number of benzene rings is 2. The molecule has 1 amide bonds. The Labute approximate surface area is 159 Å². The molecule has 3 aromatic rings. The Morgan fingerprint density at radius 2 is 2.04 bits per heavy atom. The molecule has 0 unspecified atom stereocenters. The van der Waals surface area contributed by atoms with E-state index < -0.39 is 4.92 Å². The molecule has 7 nitrogen and oxygen atoms in total. The maximum Gasteiger partial charge on any atom is 0.269 e. The number of anilines is 1. The van der Waals surface area contributed by atoms with Gasteiger partial charge in [0, 0.05) is 24.3 Å². The van der Waals surface area contributed by atoms with Crippen LogP contribution in [0.2, 0.25) is 0 Å². The van der Waals surface area contributed by atoms with Crippen molar-refractivity contribution in [2.24, 2.45) is 0 Å². The van der Waals surface area contributed by atoms with Crippen LogP contribution in [-0.4, -0.2) is 35.1 Å². The number of hydrogen-bond donors (Lipinski definition) is 0. The Morgan fingerprint density at radius 1 is 1.26 bits per heavy atom. The number of nitro benzene ring substituents is 1. The largest absolute Gasteiger partial charge is 0.376 e.